The van der Waals surface area contributed by atoms with E-state index in [4.69, 9.17) is 0 Å². The first-order chi connectivity index (χ1) is 6.84. The number of aryl methyl sites for hydroxylation is 1. The topological polar surface area (TPSA) is 14.1 Å². The van der Waals surface area contributed by atoms with Crippen LogP contribution < -0.4 is 23.8 Å². The summed E-state index contributed by atoms with van der Waals surface area (Å²) in [5.74, 6) is 0. The van der Waals surface area contributed by atoms with Crippen molar-refractivity contribution in [1.82, 2.24) is 4.98 Å². The van der Waals surface area contributed by atoms with Gasteiger partial charge in [-0.3, -0.25) is 0 Å². The van der Waals surface area contributed by atoms with Gasteiger partial charge in [-0.25, -0.2) is 0 Å². The predicted octanol–water partition coefficient (Wildman–Crippen LogP) is 0.263. The van der Waals surface area contributed by atoms with Crippen LogP contribution in [0.4, 0.5) is 0 Å². The van der Waals surface area contributed by atoms with E-state index in [0.717, 1.165) is 11.0 Å². The summed E-state index contributed by atoms with van der Waals surface area (Å²) in [6.07, 6.45) is 0. The van der Waals surface area contributed by atoms with Crippen molar-refractivity contribution in [1.29, 1.82) is 0 Å². The number of fused-ring (bicyclic) bond motifs is 3. The molecular formula is C13H10LiN. The summed E-state index contributed by atoms with van der Waals surface area (Å²) in [4.78, 5) is 4.56. The summed E-state index contributed by atoms with van der Waals surface area (Å²) < 4.78 is 0. The predicted molar refractivity (Wildman–Crippen MR) is 59.5 cm³/mol. The summed E-state index contributed by atoms with van der Waals surface area (Å²) in [7, 11) is 0. The molecule has 0 bridgehead atoms. The van der Waals surface area contributed by atoms with E-state index in [2.05, 4.69) is 48.3 Å². The molecule has 15 heavy (non-hydrogen) atoms. The number of aromatic nitrogens is 1. The normalized spacial score (nSPS) is 10.5. The molecule has 0 amide bonds. The molecule has 0 radical (unpaired) electrons. The Morgan fingerprint density at radius 1 is 0.867 bits per heavy atom. The number of rotatable bonds is 0. The van der Waals surface area contributed by atoms with E-state index in [1.807, 2.05) is 6.07 Å². The molecule has 0 N–H and O–H groups in total. The molecule has 0 spiro atoms. The second kappa shape index (κ2) is 3.77. The average Bonchev–Trinajstić information content (AvgIpc) is 2.56. The van der Waals surface area contributed by atoms with E-state index >= 15 is 0 Å². The minimum Gasteiger partial charge on any atom is -0.657 e. The van der Waals surface area contributed by atoms with Crippen molar-refractivity contribution in [2.24, 2.45) is 0 Å². The van der Waals surface area contributed by atoms with E-state index in [1.54, 1.807) is 0 Å². The second-order valence-electron chi connectivity index (χ2n) is 3.65. The number of para-hydroxylation sites is 1. The van der Waals surface area contributed by atoms with Crippen LogP contribution in [0.25, 0.3) is 21.8 Å². The third-order valence-electron chi connectivity index (χ3n) is 2.59. The van der Waals surface area contributed by atoms with E-state index in [-0.39, 0.29) is 18.9 Å². The van der Waals surface area contributed by atoms with Gasteiger partial charge in [0, 0.05) is 0 Å². The molecule has 0 atom stereocenters. The minimum absolute atomic E-state index is 0. The standard InChI is InChI=1S/C13H10N.Li/c1-9-6-7-13-11(8-9)10-4-2-3-5-12(10)14-13;/h2-8H,1H3;/q-1;+1. The van der Waals surface area contributed by atoms with Gasteiger partial charge in [-0.05, 0) is 17.7 Å². The van der Waals surface area contributed by atoms with Crippen LogP contribution in [0.3, 0.4) is 0 Å². The van der Waals surface area contributed by atoms with Gasteiger partial charge < -0.3 is 4.98 Å². The van der Waals surface area contributed by atoms with Crippen LogP contribution in [0.15, 0.2) is 42.5 Å². The molecule has 1 aromatic heterocycles. The van der Waals surface area contributed by atoms with Crippen LogP contribution in [0.5, 0.6) is 0 Å². The number of hydrogen-bond acceptors (Lipinski definition) is 0. The Labute approximate surface area is 101 Å². The van der Waals surface area contributed by atoms with Crippen molar-refractivity contribution in [3.05, 3.63) is 48.0 Å². The fourth-order valence-electron chi connectivity index (χ4n) is 1.89. The third-order valence-corrected chi connectivity index (χ3v) is 2.59. The maximum absolute atomic E-state index is 4.56. The molecule has 2 heteroatoms. The van der Waals surface area contributed by atoms with Crippen molar-refractivity contribution < 1.29 is 18.9 Å². The molecule has 1 heterocycles. The van der Waals surface area contributed by atoms with E-state index in [9.17, 15) is 0 Å². The third kappa shape index (κ3) is 1.59. The van der Waals surface area contributed by atoms with Crippen molar-refractivity contribution in [3.63, 3.8) is 0 Å². The molecule has 0 saturated carbocycles. The van der Waals surface area contributed by atoms with Crippen molar-refractivity contribution in [2.75, 3.05) is 0 Å². The monoisotopic (exact) mass is 187 g/mol. The molecule has 0 aliphatic rings. The zero-order chi connectivity index (χ0) is 9.54. The summed E-state index contributed by atoms with van der Waals surface area (Å²) in [6.45, 7) is 2.11. The Hall–Kier alpha value is -1.16. The number of nitrogens with zero attached hydrogens (tertiary/aromatic N) is 1. The maximum Gasteiger partial charge on any atom is 1.00 e. The van der Waals surface area contributed by atoms with Gasteiger partial charge in [0.15, 0.2) is 0 Å². The van der Waals surface area contributed by atoms with Crippen LogP contribution in [0.2, 0.25) is 0 Å². The molecule has 0 aliphatic heterocycles. The molecule has 3 rings (SSSR count). The SMILES string of the molecule is Cc1ccc2[n-]c3ccccc3c2c1.[Li+]. The molecule has 0 saturated heterocycles. The van der Waals surface area contributed by atoms with Gasteiger partial charge >= 0.3 is 18.9 Å². The molecule has 0 fully saturated rings. The van der Waals surface area contributed by atoms with Gasteiger partial charge in [0.25, 0.3) is 0 Å². The fraction of sp³-hybridized carbons (Fsp3) is 0.0769. The van der Waals surface area contributed by atoms with Gasteiger partial charge in [0.1, 0.15) is 0 Å². The summed E-state index contributed by atoms with van der Waals surface area (Å²) in [6, 6.07) is 14.7. The van der Waals surface area contributed by atoms with Gasteiger partial charge in [-0.2, -0.15) is 0 Å². The quantitative estimate of drug-likeness (QED) is 0.460. The Morgan fingerprint density at radius 3 is 2.47 bits per heavy atom. The Morgan fingerprint density at radius 2 is 1.60 bits per heavy atom. The second-order valence-corrected chi connectivity index (χ2v) is 3.65. The number of hydrogen-bond donors (Lipinski definition) is 0. The summed E-state index contributed by atoms with van der Waals surface area (Å²) in [5.41, 5.74) is 3.47. The first kappa shape index (κ1) is 10.4. The van der Waals surface area contributed by atoms with Crippen molar-refractivity contribution >= 4 is 21.8 Å². The smallest absolute Gasteiger partial charge is 0.657 e. The average molecular weight is 187 g/mol. The first-order valence-corrected chi connectivity index (χ1v) is 4.76. The maximum atomic E-state index is 4.56. The Bertz CT molecular complexity index is 610. The van der Waals surface area contributed by atoms with Gasteiger partial charge in [-0.15, -0.1) is 11.0 Å². The first-order valence-electron chi connectivity index (χ1n) is 4.76. The van der Waals surface area contributed by atoms with Gasteiger partial charge in [0.2, 0.25) is 0 Å². The van der Waals surface area contributed by atoms with Crippen LogP contribution in [0, 0.1) is 6.92 Å². The molecule has 1 nitrogen and oxygen atoms in total. The van der Waals surface area contributed by atoms with Crippen LogP contribution in [-0.2, 0) is 0 Å². The molecular weight excluding hydrogens is 177 g/mol. The fourth-order valence-corrected chi connectivity index (χ4v) is 1.89. The summed E-state index contributed by atoms with van der Waals surface area (Å²) in [5, 5.41) is 2.52. The number of benzene rings is 2. The Kier molecular flexibility index (Phi) is 2.60. The molecule has 68 valence electrons. The molecule has 3 aromatic rings. The summed E-state index contributed by atoms with van der Waals surface area (Å²) >= 11 is 0. The van der Waals surface area contributed by atoms with Crippen LogP contribution >= 0.6 is 0 Å². The Balaban J connectivity index is 0.000000853. The largest absolute Gasteiger partial charge is 1.00 e. The zero-order valence-electron chi connectivity index (χ0n) is 8.99. The minimum atomic E-state index is 0. The van der Waals surface area contributed by atoms with Crippen LogP contribution in [0.1, 0.15) is 5.56 Å². The van der Waals surface area contributed by atoms with Gasteiger partial charge in [-0.1, -0.05) is 48.0 Å². The molecule has 0 aliphatic carbocycles. The van der Waals surface area contributed by atoms with E-state index < -0.39 is 0 Å². The van der Waals surface area contributed by atoms with Crippen molar-refractivity contribution in [2.45, 2.75) is 6.92 Å². The molecule has 2 aromatic carbocycles. The van der Waals surface area contributed by atoms with Crippen LogP contribution in [-0.4, -0.2) is 0 Å². The van der Waals surface area contributed by atoms with Crippen molar-refractivity contribution in [3.8, 4) is 0 Å². The zero-order valence-corrected chi connectivity index (χ0v) is 8.99. The van der Waals surface area contributed by atoms with E-state index in [1.165, 1.54) is 16.3 Å². The molecule has 0 unspecified atom stereocenters. The van der Waals surface area contributed by atoms with Gasteiger partial charge in [0.05, 0.1) is 0 Å². The van der Waals surface area contributed by atoms with E-state index in [0.29, 0.717) is 0 Å².